The summed E-state index contributed by atoms with van der Waals surface area (Å²) in [7, 11) is 0. The van der Waals surface area contributed by atoms with Gasteiger partial charge in [-0.25, -0.2) is 0 Å². The summed E-state index contributed by atoms with van der Waals surface area (Å²) in [6.07, 6.45) is 57.8. The van der Waals surface area contributed by atoms with E-state index in [4.69, 9.17) is 4.74 Å². The number of unbranched alkanes of at least 4 members (excludes halogenated alkanes) is 30. The largest absolute Gasteiger partial charge is 0.462 e. The van der Waals surface area contributed by atoms with E-state index in [9.17, 15) is 19.8 Å². The number of allylic oxidation sites excluding steroid dienone is 6. The average molecular weight is 858 g/mol. The third-order valence-corrected chi connectivity index (χ3v) is 12.2. The van der Waals surface area contributed by atoms with Gasteiger partial charge in [-0.15, -0.1) is 0 Å². The summed E-state index contributed by atoms with van der Waals surface area (Å²) in [6, 6.07) is -0.706. The summed E-state index contributed by atoms with van der Waals surface area (Å²) in [5.41, 5.74) is 0. The Kier molecular flexibility index (Phi) is 47.6. The van der Waals surface area contributed by atoms with Crippen molar-refractivity contribution < 1.29 is 24.5 Å². The second-order valence-electron chi connectivity index (χ2n) is 18.3. The molecule has 0 bridgehead atoms. The van der Waals surface area contributed by atoms with Crippen LogP contribution in [0.4, 0.5) is 0 Å². The van der Waals surface area contributed by atoms with Crippen molar-refractivity contribution in [2.24, 2.45) is 0 Å². The van der Waals surface area contributed by atoms with Crippen LogP contribution in [0.1, 0.15) is 278 Å². The van der Waals surface area contributed by atoms with Crippen molar-refractivity contribution in [2.45, 2.75) is 296 Å². The molecule has 0 aliphatic carbocycles. The Hall–Kier alpha value is -1.92. The molecule has 0 saturated heterocycles. The van der Waals surface area contributed by atoms with Crippen LogP contribution in [0.2, 0.25) is 0 Å². The Morgan fingerprint density at radius 3 is 1.30 bits per heavy atom. The van der Waals surface area contributed by atoms with Gasteiger partial charge in [0.25, 0.3) is 0 Å². The zero-order chi connectivity index (χ0) is 44.5. The summed E-state index contributed by atoms with van der Waals surface area (Å²) in [6.45, 7) is 6.45. The molecule has 358 valence electrons. The fourth-order valence-electron chi connectivity index (χ4n) is 8.14. The van der Waals surface area contributed by atoms with Crippen molar-refractivity contribution in [1.82, 2.24) is 5.32 Å². The number of nitrogens with one attached hydrogen (secondary N) is 1. The van der Waals surface area contributed by atoms with Crippen molar-refractivity contribution in [2.75, 3.05) is 6.61 Å². The molecule has 0 aliphatic heterocycles. The summed E-state index contributed by atoms with van der Waals surface area (Å²) >= 11 is 0. The van der Waals surface area contributed by atoms with E-state index in [-0.39, 0.29) is 24.9 Å². The van der Waals surface area contributed by atoms with E-state index in [0.29, 0.717) is 19.3 Å². The Balaban J connectivity index is 4.52. The maximum Gasteiger partial charge on any atom is 0.306 e. The van der Waals surface area contributed by atoms with Crippen LogP contribution in [-0.2, 0) is 14.3 Å². The second kappa shape index (κ2) is 49.1. The van der Waals surface area contributed by atoms with Crippen molar-refractivity contribution in [3.63, 3.8) is 0 Å². The lowest BCUT2D eigenvalue weighted by molar-refractivity contribution is -0.151. The number of hydrogen-bond acceptors (Lipinski definition) is 5. The van der Waals surface area contributed by atoms with Crippen LogP contribution in [-0.4, -0.2) is 46.9 Å². The molecule has 1 amide bonds. The number of amides is 1. The Bertz CT molecular complexity index is 1010. The molecule has 0 spiro atoms. The van der Waals surface area contributed by atoms with Crippen LogP contribution in [0.5, 0.6) is 0 Å². The third kappa shape index (κ3) is 44.5. The van der Waals surface area contributed by atoms with Gasteiger partial charge < -0.3 is 20.3 Å². The minimum atomic E-state index is -0.791. The van der Waals surface area contributed by atoms with Gasteiger partial charge in [-0.05, 0) is 64.2 Å². The van der Waals surface area contributed by atoms with Gasteiger partial charge in [-0.3, -0.25) is 9.59 Å². The van der Waals surface area contributed by atoms with Gasteiger partial charge in [0.15, 0.2) is 0 Å². The molecule has 3 atom stereocenters. The number of carbonyl (C=O) groups excluding carboxylic acids is 2. The molecule has 0 radical (unpaired) electrons. The monoisotopic (exact) mass is 858 g/mol. The van der Waals surface area contributed by atoms with Crippen LogP contribution in [0.25, 0.3) is 0 Å². The first-order valence-corrected chi connectivity index (χ1v) is 26.7. The number of aliphatic hydroxyl groups excluding tert-OH is 2. The van der Waals surface area contributed by atoms with Crippen LogP contribution >= 0.6 is 0 Å². The normalized spacial score (nSPS) is 13.5. The highest BCUT2D eigenvalue weighted by Gasteiger charge is 2.24. The lowest BCUT2D eigenvalue weighted by Gasteiger charge is -2.24. The first-order valence-electron chi connectivity index (χ1n) is 26.7. The topological polar surface area (TPSA) is 95.9 Å². The molecular weight excluding hydrogens is 755 g/mol. The number of ether oxygens (including phenoxy) is 1. The molecule has 0 aromatic rings. The summed E-state index contributed by atoms with van der Waals surface area (Å²) < 4.78 is 5.91. The van der Waals surface area contributed by atoms with Crippen molar-refractivity contribution in [3.8, 4) is 0 Å². The predicted molar refractivity (Wildman–Crippen MR) is 264 cm³/mol. The second-order valence-corrected chi connectivity index (χ2v) is 18.3. The summed E-state index contributed by atoms with van der Waals surface area (Å²) in [5, 5.41) is 23.8. The first kappa shape index (κ1) is 59.1. The van der Waals surface area contributed by atoms with E-state index in [0.717, 1.165) is 77.0 Å². The number of hydrogen-bond donors (Lipinski definition) is 3. The Morgan fingerprint density at radius 2 is 0.836 bits per heavy atom. The van der Waals surface area contributed by atoms with E-state index in [1.54, 1.807) is 0 Å². The maximum absolute atomic E-state index is 13.2. The molecular formula is C55H103NO5. The lowest BCUT2D eigenvalue weighted by Crippen LogP contribution is -2.46. The molecule has 3 unspecified atom stereocenters. The van der Waals surface area contributed by atoms with E-state index in [2.05, 4.69) is 62.5 Å². The fraction of sp³-hybridized carbons (Fsp3) is 0.855. The van der Waals surface area contributed by atoms with Crippen LogP contribution in [0.3, 0.4) is 0 Å². The number of carbonyl (C=O) groups is 2. The van der Waals surface area contributed by atoms with Crippen LogP contribution in [0.15, 0.2) is 36.5 Å². The average Bonchev–Trinajstić information content (AvgIpc) is 3.25. The maximum atomic E-state index is 13.2. The highest BCUT2D eigenvalue weighted by atomic mass is 16.5. The molecule has 61 heavy (non-hydrogen) atoms. The smallest absolute Gasteiger partial charge is 0.306 e. The lowest BCUT2D eigenvalue weighted by atomic mass is 10.0. The summed E-state index contributed by atoms with van der Waals surface area (Å²) in [4.78, 5) is 26.1. The van der Waals surface area contributed by atoms with E-state index >= 15 is 0 Å². The van der Waals surface area contributed by atoms with E-state index in [1.165, 1.54) is 154 Å². The molecule has 0 aromatic heterocycles. The van der Waals surface area contributed by atoms with Gasteiger partial charge in [0, 0.05) is 6.42 Å². The molecule has 0 fully saturated rings. The SMILES string of the molecule is CCCCC/C=C\C/C=C\C/C=C\CCCCCCC(CC(=O)NC(CO)C(O)CCCCCCCCCCCCCCCCCC)OC(=O)CCCCCCCCCCC. The van der Waals surface area contributed by atoms with Crippen molar-refractivity contribution >= 4 is 11.9 Å². The molecule has 0 rings (SSSR count). The fourth-order valence-corrected chi connectivity index (χ4v) is 8.14. The van der Waals surface area contributed by atoms with E-state index < -0.39 is 18.2 Å². The van der Waals surface area contributed by atoms with Gasteiger partial charge in [-0.1, -0.05) is 237 Å². The predicted octanol–water partition coefficient (Wildman–Crippen LogP) is 16.1. The first-order chi connectivity index (χ1) is 30.0. The zero-order valence-electron chi connectivity index (χ0n) is 40.8. The van der Waals surface area contributed by atoms with Crippen molar-refractivity contribution in [1.29, 1.82) is 0 Å². The van der Waals surface area contributed by atoms with Crippen LogP contribution in [0, 0.1) is 0 Å². The highest BCUT2D eigenvalue weighted by molar-refractivity contribution is 5.77. The number of aliphatic hydroxyl groups is 2. The standard InChI is InChI=1S/C55H103NO5/c1-4-7-10-13-16-19-21-23-25-27-28-30-32-35-37-40-43-46-51(61-55(60)48-45-42-39-34-18-15-12-9-6-3)49-54(59)56-52(50-57)53(58)47-44-41-38-36-33-31-29-26-24-22-20-17-14-11-8-5-2/h16,19,23,25,28,30,51-53,57-58H,4-15,17-18,20-22,24,26-27,29,31-50H2,1-3H3,(H,56,59)/b19-16-,25-23-,30-28-. The third-order valence-electron chi connectivity index (χ3n) is 12.2. The van der Waals surface area contributed by atoms with Crippen LogP contribution < -0.4 is 5.32 Å². The van der Waals surface area contributed by atoms with Gasteiger partial charge in [0.05, 0.1) is 25.2 Å². The Morgan fingerprint density at radius 1 is 0.475 bits per heavy atom. The molecule has 0 aromatic carbocycles. The molecule has 0 heterocycles. The molecule has 6 heteroatoms. The molecule has 6 nitrogen and oxygen atoms in total. The van der Waals surface area contributed by atoms with E-state index in [1.807, 2.05) is 0 Å². The van der Waals surface area contributed by atoms with Gasteiger partial charge >= 0.3 is 5.97 Å². The number of rotatable bonds is 48. The summed E-state index contributed by atoms with van der Waals surface area (Å²) in [5.74, 6) is -0.488. The minimum absolute atomic E-state index is 0.0661. The molecule has 0 aliphatic rings. The van der Waals surface area contributed by atoms with Gasteiger partial charge in [-0.2, -0.15) is 0 Å². The molecule has 0 saturated carbocycles. The van der Waals surface area contributed by atoms with Gasteiger partial charge in [0.1, 0.15) is 6.10 Å². The zero-order valence-corrected chi connectivity index (χ0v) is 40.8. The van der Waals surface area contributed by atoms with Crippen molar-refractivity contribution in [3.05, 3.63) is 36.5 Å². The Labute approximate surface area is 379 Å². The number of esters is 1. The quantitative estimate of drug-likeness (QED) is 0.0322. The highest BCUT2D eigenvalue weighted by Crippen LogP contribution is 2.18. The van der Waals surface area contributed by atoms with Gasteiger partial charge in [0.2, 0.25) is 5.91 Å². The molecule has 3 N–H and O–H groups in total. The minimum Gasteiger partial charge on any atom is -0.462 e.